The SMILES string of the molecule is C=CC(=O)N1CCN(CCCn2c(=O)c(-c3c(Cl)c(OC)cc(OCCCC)c3Cl)cc3cnc(NC(C)CO)nc32)CC1. The molecule has 1 aliphatic rings. The van der Waals surface area contributed by atoms with Crippen molar-refractivity contribution in [3.8, 4) is 22.6 Å². The number of aliphatic hydroxyl groups excluding tert-OH is 1. The van der Waals surface area contributed by atoms with Gasteiger partial charge in [-0.1, -0.05) is 43.1 Å². The van der Waals surface area contributed by atoms with E-state index in [0.29, 0.717) is 66.7 Å². The number of aromatic nitrogens is 3. The van der Waals surface area contributed by atoms with Gasteiger partial charge in [0.1, 0.15) is 17.1 Å². The third kappa shape index (κ3) is 7.63. The molecule has 1 amide bonds. The molecule has 0 spiro atoms. The van der Waals surface area contributed by atoms with Crippen LogP contribution in [-0.4, -0.2) is 94.4 Å². The summed E-state index contributed by atoms with van der Waals surface area (Å²) in [5.41, 5.74) is 0.711. The number of hydrogen-bond acceptors (Lipinski definition) is 9. The quantitative estimate of drug-likeness (QED) is 0.193. The number of hydrogen-bond donors (Lipinski definition) is 2. The number of fused-ring (bicyclic) bond motifs is 1. The van der Waals surface area contributed by atoms with E-state index in [1.165, 1.54) is 13.2 Å². The number of anilines is 1. The van der Waals surface area contributed by atoms with Crippen molar-refractivity contribution >= 4 is 46.1 Å². The average Bonchev–Trinajstić information content (AvgIpc) is 3.03. The number of halogens is 2. The molecule has 0 radical (unpaired) electrons. The fourth-order valence-electron chi connectivity index (χ4n) is 5.06. The summed E-state index contributed by atoms with van der Waals surface area (Å²) in [6, 6.07) is 3.04. The Bertz CT molecular complexity index is 1540. The molecular weight excluding hydrogens is 607 g/mol. The van der Waals surface area contributed by atoms with Crippen molar-refractivity contribution in [2.24, 2.45) is 0 Å². The van der Waals surface area contributed by atoms with Crippen LogP contribution in [0.3, 0.4) is 0 Å². The average molecular weight is 648 g/mol. The summed E-state index contributed by atoms with van der Waals surface area (Å²) in [7, 11) is 1.50. The van der Waals surface area contributed by atoms with Crippen LogP contribution in [0.15, 0.2) is 35.8 Å². The van der Waals surface area contributed by atoms with E-state index in [2.05, 4.69) is 33.7 Å². The van der Waals surface area contributed by atoms with Gasteiger partial charge in [0.2, 0.25) is 11.9 Å². The zero-order valence-electron chi connectivity index (χ0n) is 25.4. The van der Waals surface area contributed by atoms with E-state index in [0.717, 1.165) is 32.5 Å². The molecule has 1 saturated heterocycles. The molecule has 1 aromatic carbocycles. The molecule has 0 aliphatic carbocycles. The molecule has 4 rings (SSSR count). The summed E-state index contributed by atoms with van der Waals surface area (Å²) in [5.74, 6) is 0.955. The third-order valence-electron chi connectivity index (χ3n) is 7.57. The van der Waals surface area contributed by atoms with Crippen molar-refractivity contribution in [3.63, 3.8) is 0 Å². The number of aliphatic hydroxyl groups is 1. The highest BCUT2D eigenvalue weighted by Crippen LogP contribution is 2.45. The summed E-state index contributed by atoms with van der Waals surface area (Å²) >= 11 is 13.6. The Morgan fingerprint density at radius 2 is 1.89 bits per heavy atom. The lowest BCUT2D eigenvalue weighted by Crippen LogP contribution is -2.48. The number of rotatable bonds is 14. The zero-order chi connectivity index (χ0) is 31.8. The first-order chi connectivity index (χ1) is 21.2. The molecule has 238 valence electrons. The Morgan fingerprint density at radius 3 is 2.55 bits per heavy atom. The predicted molar refractivity (Wildman–Crippen MR) is 174 cm³/mol. The van der Waals surface area contributed by atoms with Crippen LogP contribution in [0.4, 0.5) is 5.95 Å². The minimum Gasteiger partial charge on any atom is -0.495 e. The van der Waals surface area contributed by atoms with E-state index < -0.39 is 0 Å². The second kappa shape index (κ2) is 15.6. The number of nitrogens with one attached hydrogen (secondary N) is 1. The highest BCUT2D eigenvalue weighted by atomic mass is 35.5. The number of piperazine rings is 1. The first-order valence-corrected chi connectivity index (χ1v) is 15.6. The number of aryl methyl sites for hydroxylation is 1. The summed E-state index contributed by atoms with van der Waals surface area (Å²) in [5, 5.41) is 13.6. The van der Waals surface area contributed by atoms with E-state index in [1.54, 1.807) is 34.7 Å². The van der Waals surface area contributed by atoms with Crippen molar-refractivity contribution < 1.29 is 19.4 Å². The van der Waals surface area contributed by atoms with Crippen molar-refractivity contribution in [2.75, 3.05) is 58.4 Å². The van der Waals surface area contributed by atoms with Gasteiger partial charge in [-0.05, 0) is 38.5 Å². The molecule has 1 unspecified atom stereocenters. The monoisotopic (exact) mass is 646 g/mol. The highest BCUT2D eigenvalue weighted by molar-refractivity contribution is 6.41. The molecule has 3 aromatic rings. The molecule has 1 fully saturated rings. The molecule has 11 nitrogen and oxygen atoms in total. The van der Waals surface area contributed by atoms with Crippen LogP contribution >= 0.6 is 23.2 Å². The second-order valence-corrected chi connectivity index (χ2v) is 11.5. The van der Waals surface area contributed by atoms with E-state index in [9.17, 15) is 14.7 Å². The Morgan fingerprint density at radius 1 is 1.16 bits per heavy atom. The summed E-state index contributed by atoms with van der Waals surface area (Å²) in [6.07, 6.45) is 5.40. The predicted octanol–water partition coefficient (Wildman–Crippen LogP) is 4.47. The molecular formula is C31H40Cl2N6O5. The first-order valence-electron chi connectivity index (χ1n) is 14.8. The molecule has 13 heteroatoms. The Hall–Kier alpha value is -3.38. The zero-order valence-corrected chi connectivity index (χ0v) is 27.0. The Labute approximate surface area is 267 Å². The number of unbranched alkanes of at least 4 members (excludes halogenated alkanes) is 1. The van der Waals surface area contributed by atoms with Gasteiger partial charge in [0.15, 0.2) is 0 Å². The molecule has 2 N–H and O–H groups in total. The smallest absolute Gasteiger partial charge is 0.260 e. The lowest BCUT2D eigenvalue weighted by atomic mass is 10.0. The van der Waals surface area contributed by atoms with Crippen molar-refractivity contribution in [2.45, 2.75) is 45.7 Å². The molecule has 44 heavy (non-hydrogen) atoms. The van der Waals surface area contributed by atoms with Gasteiger partial charge >= 0.3 is 0 Å². The van der Waals surface area contributed by atoms with Gasteiger partial charge in [-0.3, -0.25) is 19.1 Å². The molecule has 2 aromatic heterocycles. The van der Waals surface area contributed by atoms with Crippen LogP contribution in [0.25, 0.3) is 22.2 Å². The standard InChI is InChI=1S/C31H40Cl2N6O5/c1-5-7-15-44-24-17-23(43-4)27(32)26(28(24)33)22-16-21-18-34-31(35-20(3)19-40)36-29(21)39(30(22)42)10-8-9-37-11-13-38(14-12-37)25(41)6-2/h6,16-18,20,40H,2,5,7-15,19H2,1,3-4H3,(H,34,35,36). The van der Waals surface area contributed by atoms with Crippen molar-refractivity contribution in [1.29, 1.82) is 0 Å². The fourth-order valence-corrected chi connectivity index (χ4v) is 5.74. The van der Waals surface area contributed by atoms with E-state index >= 15 is 0 Å². The van der Waals surface area contributed by atoms with Crippen LogP contribution in [0, 0.1) is 0 Å². The van der Waals surface area contributed by atoms with Gasteiger partial charge in [0.05, 0.1) is 35.9 Å². The summed E-state index contributed by atoms with van der Waals surface area (Å²) in [4.78, 5) is 39.3. The lowest BCUT2D eigenvalue weighted by molar-refractivity contribution is -0.127. The second-order valence-electron chi connectivity index (χ2n) is 10.7. The minimum atomic E-state index is -0.324. The molecule has 3 heterocycles. The number of carbonyl (C=O) groups is 1. The lowest BCUT2D eigenvalue weighted by Gasteiger charge is -2.34. The largest absolute Gasteiger partial charge is 0.495 e. The van der Waals surface area contributed by atoms with Crippen LogP contribution in [-0.2, 0) is 11.3 Å². The van der Waals surface area contributed by atoms with Crippen LogP contribution in [0.2, 0.25) is 10.0 Å². The molecule has 1 aliphatic heterocycles. The number of amides is 1. The van der Waals surface area contributed by atoms with E-state index in [4.69, 9.17) is 32.7 Å². The number of methoxy groups -OCH3 is 1. The first kappa shape index (κ1) is 33.5. The number of carbonyl (C=O) groups excluding carboxylic acids is 1. The highest BCUT2D eigenvalue weighted by Gasteiger charge is 2.24. The van der Waals surface area contributed by atoms with Gasteiger partial charge in [-0.15, -0.1) is 0 Å². The summed E-state index contributed by atoms with van der Waals surface area (Å²) < 4.78 is 13.1. The topological polar surface area (TPSA) is 122 Å². The minimum absolute atomic E-state index is 0.0621. The molecule has 1 atom stereocenters. The van der Waals surface area contributed by atoms with Gasteiger partial charge in [-0.25, -0.2) is 4.98 Å². The normalized spacial score (nSPS) is 14.5. The van der Waals surface area contributed by atoms with Crippen molar-refractivity contribution in [1.82, 2.24) is 24.3 Å². The maximum Gasteiger partial charge on any atom is 0.260 e. The van der Waals surface area contributed by atoms with E-state index in [-0.39, 0.29) is 39.7 Å². The molecule has 0 bridgehead atoms. The Balaban J connectivity index is 1.73. The summed E-state index contributed by atoms with van der Waals surface area (Å²) in [6.45, 7) is 11.6. The van der Waals surface area contributed by atoms with E-state index in [1.807, 2.05) is 0 Å². The molecule has 0 saturated carbocycles. The maximum absolute atomic E-state index is 14.3. The van der Waals surface area contributed by atoms with Gasteiger partial charge in [0.25, 0.3) is 5.56 Å². The number of benzene rings is 1. The maximum atomic E-state index is 14.3. The van der Waals surface area contributed by atoms with Crippen molar-refractivity contribution in [3.05, 3.63) is 51.4 Å². The Kier molecular flexibility index (Phi) is 11.9. The van der Waals surface area contributed by atoms with Crippen LogP contribution in [0.5, 0.6) is 11.5 Å². The fraction of sp³-hybridized carbons (Fsp3) is 0.484. The van der Waals surface area contributed by atoms with Gasteiger partial charge < -0.3 is 24.8 Å². The van der Waals surface area contributed by atoms with Gasteiger partial charge in [0, 0.05) is 62.0 Å². The van der Waals surface area contributed by atoms with Gasteiger partial charge in [-0.2, -0.15) is 4.98 Å². The van der Waals surface area contributed by atoms with Crippen LogP contribution in [0.1, 0.15) is 33.1 Å². The van der Waals surface area contributed by atoms with Crippen LogP contribution < -0.4 is 20.3 Å². The third-order valence-corrected chi connectivity index (χ3v) is 8.32. The number of nitrogens with zero attached hydrogens (tertiary/aromatic N) is 5. The number of pyridine rings is 1. The number of ether oxygens (including phenoxy) is 2.